The number of aliphatic hydroxyl groups excluding tert-OH is 2. The van der Waals surface area contributed by atoms with Gasteiger partial charge in [-0.1, -0.05) is 299 Å². The van der Waals surface area contributed by atoms with Crippen LogP contribution in [0.5, 0.6) is 0 Å². The van der Waals surface area contributed by atoms with Crippen LogP contribution in [-0.4, -0.2) is 89.2 Å². The molecule has 3 N–H and O–H groups in total. The van der Waals surface area contributed by atoms with Crippen molar-refractivity contribution >= 4 is 23.9 Å². The second kappa shape index (κ2) is 58.5. The topological polar surface area (TPSA) is 175 Å². The van der Waals surface area contributed by atoms with E-state index in [9.17, 15) is 34.5 Å². The van der Waals surface area contributed by atoms with Crippen molar-refractivity contribution in [2.75, 3.05) is 13.2 Å². The maximum Gasteiger partial charge on any atom is 0.335 e. The number of rotatable bonds is 58. The van der Waals surface area contributed by atoms with E-state index < -0.39 is 67.3 Å². The van der Waals surface area contributed by atoms with Gasteiger partial charge in [-0.15, -0.1) is 0 Å². The molecule has 1 rings (SSSR count). The van der Waals surface area contributed by atoms with Crippen molar-refractivity contribution in [2.45, 2.75) is 340 Å². The van der Waals surface area contributed by atoms with Gasteiger partial charge in [-0.25, -0.2) is 4.79 Å². The van der Waals surface area contributed by atoms with Gasteiger partial charge in [0, 0.05) is 19.3 Å². The van der Waals surface area contributed by atoms with E-state index in [1.165, 1.54) is 167 Å². The summed E-state index contributed by atoms with van der Waals surface area (Å²) in [5.74, 6) is -3.20. The third kappa shape index (κ3) is 48.0. The number of allylic oxidation sites excluding steroid dienone is 12. The van der Waals surface area contributed by atoms with Crippen LogP contribution >= 0.6 is 0 Å². The number of aliphatic hydroxyl groups is 2. The van der Waals surface area contributed by atoms with Crippen LogP contribution in [0.2, 0.25) is 0 Å². The first kappa shape index (κ1) is 77.2. The molecule has 0 radical (unpaired) electrons. The zero-order chi connectivity index (χ0) is 60.3. The monoisotopic (exact) mass is 1170 g/mol. The van der Waals surface area contributed by atoms with Gasteiger partial charge in [-0.2, -0.15) is 0 Å². The second-order valence-corrected chi connectivity index (χ2v) is 23.1. The first-order valence-electron chi connectivity index (χ1n) is 33.9. The molecule has 6 atom stereocenters. The number of carboxylic acid groups (broad SMARTS) is 1. The Bertz CT molecular complexity index is 1720. The lowest BCUT2D eigenvalue weighted by Crippen LogP contribution is -2.61. The van der Waals surface area contributed by atoms with Gasteiger partial charge in [0.25, 0.3) is 0 Å². The highest BCUT2D eigenvalue weighted by Gasteiger charge is 2.50. The molecular weight excluding hydrogens is 1040 g/mol. The minimum atomic E-state index is -1.93. The standard InChI is InChI=1S/C71H122O12/c1-4-7-10-13-16-19-22-25-28-31-32-35-38-41-44-47-50-53-56-59-65(74)82-69-67(76)66(75)68(70(77)78)83-71(69)80-61-62(81-64(73)58-55-52-49-46-43-40-37-34-30-27-24-21-18-15-12-9-6-3)60-79-63(72)57-54-51-48-45-42-39-36-33-29-26-23-20-17-14-11-8-5-2/h7,10,16,19,25,28,32,35,41,44,50,53,62,66-69,71,75-76H,4-6,8-9,11-15,17-18,20-24,26-27,29-31,33-34,36-40,42-43,45-49,51-52,54-61H2,1-3H3,(H,77,78)/b10-7-,19-16-,28-25-,35-32-,44-41-,53-50-. The molecule has 0 aromatic rings. The van der Waals surface area contributed by atoms with E-state index in [1.807, 2.05) is 18.2 Å². The molecule has 0 saturated carbocycles. The summed E-state index contributed by atoms with van der Waals surface area (Å²) in [4.78, 5) is 51.4. The number of carboxylic acids is 1. The van der Waals surface area contributed by atoms with Gasteiger partial charge in [-0.05, 0) is 57.8 Å². The molecule has 6 unspecified atom stereocenters. The molecule has 83 heavy (non-hydrogen) atoms. The number of carbonyl (C=O) groups excluding carboxylic acids is 3. The molecule has 0 amide bonds. The minimum Gasteiger partial charge on any atom is -0.479 e. The van der Waals surface area contributed by atoms with Crippen molar-refractivity contribution in [3.8, 4) is 0 Å². The summed E-state index contributed by atoms with van der Waals surface area (Å²) in [5.41, 5.74) is 0. The van der Waals surface area contributed by atoms with Gasteiger partial charge >= 0.3 is 23.9 Å². The fourth-order valence-electron chi connectivity index (χ4n) is 10.2. The minimum absolute atomic E-state index is 0.0639. The molecule has 1 aliphatic heterocycles. The largest absolute Gasteiger partial charge is 0.479 e. The van der Waals surface area contributed by atoms with E-state index in [4.69, 9.17) is 23.7 Å². The van der Waals surface area contributed by atoms with Gasteiger partial charge < -0.3 is 39.0 Å². The molecule has 1 fully saturated rings. The lowest BCUT2D eigenvalue weighted by atomic mass is 9.98. The van der Waals surface area contributed by atoms with Gasteiger partial charge in [0.15, 0.2) is 24.6 Å². The van der Waals surface area contributed by atoms with Crippen molar-refractivity contribution in [1.82, 2.24) is 0 Å². The maximum atomic E-state index is 13.2. The van der Waals surface area contributed by atoms with Gasteiger partial charge in [0.1, 0.15) is 18.8 Å². The van der Waals surface area contributed by atoms with Crippen molar-refractivity contribution in [3.05, 3.63) is 72.9 Å². The average Bonchev–Trinajstić information content (AvgIpc) is 3.55. The van der Waals surface area contributed by atoms with E-state index in [-0.39, 0.29) is 25.9 Å². The predicted octanol–water partition coefficient (Wildman–Crippen LogP) is 18.5. The van der Waals surface area contributed by atoms with Crippen LogP contribution in [0.3, 0.4) is 0 Å². The Labute approximate surface area is 506 Å². The van der Waals surface area contributed by atoms with Crippen molar-refractivity contribution < 1.29 is 58.2 Å². The summed E-state index contributed by atoms with van der Waals surface area (Å²) < 4.78 is 28.5. The second-order valence-electron chi connectivity index (χ2n) is 23.1. The van der Waals surface area contributed by atoms with Crippen LogP contribution in [0.15, 0.2) is 72.9 Å². The van der Waals surface area contributed by atoms with Crippen LogP contribution in [-0.2, 0) is 42.9 Å². The molecule has 1 heterocycles. The number of unbranched alkanes of at least 4 members (excludes halogenated alkanes) is 32. The highest BCUT2D eigenvalue weighted by Crippen LogP contribution is 2.26. The third-order valence-corrected chi connectivity index (χ3v) is 15.3. The molecule has 1 aliphatic rings. The molecule has 0 aliphatic carbocycles. The number of esters is 3. The molecule has 0 spiro atoms. The number of hydrogen-bond acceptors (Lipinski definition) is 11. The molecule has 12 heteroatoms. The lowest BCUT2D eigenvalue weighted by molar-refractivity contribution is -0.301. The van der Waals surface area contributed by atoms with Crippen LogP contribution in [0.1, 0.15) is 303 Å². The summed E-state index contributed by atoms with van der Waals surface area (Å²) in [7, 11) is 0. The smallest absolute Gasteiger partial charge is 0.335 e. The fourth-order valence-corrected chi connectivity index (χ4v) is 10.2. The van der Waals surface area contributed by atoms with Gasteiger partial charge in [0.05, 0.1) is 6.61 Å². The summed E-state index contributed by atoms with van der Waals surface area (Å²) in [5, 5.41) is 31.6. The Morgan fingerprint density at radius 1 is 0.410 bits per heavy atom. The number of carbonyl (C=O) groups is 4. The number of aliphatic carboxylic acids is 1. The number of ether oxygens (including phenoxy) is 5. The average molecular weight is 1170 g/mol. The lowest BCUT2D eigenvalue weighted by Gasteiger charge is -2.40. The summed E-state index contributed by atoms with van der Waals surface area (Å²) in [6.07, 6.45) is 63.0. The van der Waals surface area contributed by atoms with E-state index in [1.54, 1.807) is 0 Å². The zero-order valence-corrected chi connectivity index (χ0v) is 52.9. The highest BCUT2D eigenvalue weighted by atomic mass is 16.7. The van der Waals surface area contributed by atoms with E-state index in [2.05, 4.69) is 75.5 Å². The normalized spacial score (nSPS) is 18.0. The summed E-state index contributed by atoms with van der Waals surface area (Å²) in [6.45, 7) is 5.91. The Hall–Kier alpha value is -3.84. The van der Waals surface area contributed by atoms with Crippen LogP contribution < -0.4 is 0 Å². The Balaban J connectivity index is 2.68. The SMILES string of the molecule is CC/C=C\C/C=C\C/C=C\C/C=C\C/C=C\C/C=C\CCC(=O)OC1C(OCC(COC(=O)CCCCCCCCCCCCCCCCCCC)OC(=O)CCCCCCCCCCCCCCCCCCC)OC(C(=O)O)C(O)C1O. The summed E-state index contributed by atoms with van der Waals surface area (Å²) in [6, 6.07) is 0. The molecule has 0 bridgehead atoms. The fraction of sp³-hybridized carbons (Fsp3) is 0.775. The number of hydrogen-bond donors (Lipinski definition) is 3. The third-order valence-electron chi connectivity index (χ3n) is 15.3. The first-order chi connectivity index (χ1) is 40.6. The molecular formula is C71H122O12. The first-order valence-corrected chi connectivity index (χ1v) is 33.9. The molecule has 1 saturated heterocycles. The van der Waals surface area contributed by atoms with Crippen LogP contribution in [0.25, 0.3) is 0 Å². The zero-order valence-electron chi connectivity index (χ0n) is 52.9. The highest BCUT2D eigenvalue weighted by molar-refractivity contribution is 5.74. The molecule has 0 aromatic heterocycles. The van der Waals surface area contributed by atoms with Crippen molar-refractivity contribution in [2.24, 2.45) is 0 Å². The van der Waals surface area contributed by atoms with E-state index >= 15 is 0 Å². The molecule has 0 aromatic carbocycles. The molecule has 12 nitrogen and oxygen atoms in total. The van der Waals surface area contributed by atoms with E-state index in [0.717, 1.165) is 70.6 Å². The Morgan fingerprint density at radius 2 is 0.759 bits per heavy atom. The predicted molar refractivity (Wildman–Crippen MR) is 340 cm³/mol. The van der Waals surface area contributed by atoms with E-state index in [0.29, 0.717) is 25.7 Å². The Kier molecular flexibility index (Phi) is 54.4. The van der Waals surface area contributed by atoms with Gasteiger partial charge in [-0.3, -0.25) is 14.4 Å². The molecule has 478 valence electrons. The van der Waals surface area contributed by atoms with Crippen LogP contribution in [0.4, 0.5) is 0 Å². The summed E-state index contributed by atoms with van der Waals surface area (Å²) >= 11 is 0. The van der Waals surface area contributed by atoms with Gasteiger partial charge in [0.2, 0.25) is 0 Å². The Morgan fingerprint density at radius 3 is 1.13 bits per heavy atom. The van der Waals surface area contributed by atoms with Crippen molar-refractivity contribution in [3.63, 3.8) is 0 Å². The maximum absolute atomic E-state index is 13.2. The van der Waals surface area contributed by atoms with Crippen molar-refractivity contribution in [1.29, 1.82) is 0 Å². The quantitative estimate of drug-likeness (QED) is 0.0228. The van der Waals surface area contributed by atoms with Crippen LogP contribution in [0, 0.1) is 0 Å².